The van der Waals surface area contributed by atoms with Gasteiger partial charge in [0.05, 0.1) is 6.04 Å². The lowest BCUT2D eigenvalue weighted by Gasteiger charge is -2.15. The third-order valence-corrected chi connectivity index (χ3v) is 3.57. The van der Waals surface area contributed by atoms with Crippen molar-refractivity contribution in [3.63, 3.8) is 0 Å². The van der Waals surface area contributed by atoms with Gasteiger partial charge in [0.1, 0.15) is 0 Å². The fourth-order valence-electron chi connectivity index (χ4n) is 2.40. The Bertz CT molecular complexity index is 580. The van der Waals surface area contributed by atoms with Gasteiger partial charge in [0, 0.05) is 11.3 Å². The molecule has 0 saturated carbocycles. The number of amides is 1. The van der Waals surface area contributed by atoms with Gasteiger partial charge in [0.15, 0.2) is 0 Å². The maximum absolute atomic E-state index is 12.1. The zero-order valence-electron chi connectivity index (χ0n) is 11.2. The van der Waals surface area contributed by atoms with Crippen LogP contribution in [0.25, 0.3) is 11.5 Å². The van der Waals surface area contributed by atoms with Crippen LogP contribution in [0.4, 0.5) is 5.69 Å². The number of nitrogens with one attached hydrogen (secondary N) is 2. The first-order valence-electron chi connectivity index (χ1n) is 6.65. The van der Waals surface area contributed by atoms with Crippen LogP contribution in [0.3, 0.4) is 0 Å². The monoisotopic (exact) mass is 272 g/mol. The maximum Gasteiger partial charge on any atom is 0.247 e. The molecule has 2 heterocycles. The minimum Gasteiger partial charge on any atom is -0.423 e. The minimum atomic E-state index is -0.106. The molecule has 0 radical (unpaired) electrons. The third-order valence-electron chi connectivity index (χ3n) is 3.57. The van der Waals surface area contributed by atoms with E-state index in [0.717, 1.165) is 24.2 Å². The van der Waals surface area contributed by atoms with Crippen molar-refractivity contribution >= 4 is 11.6 Å². The maximum atomic E-state index is 12.1. The van der Waals surface area contributed by atoms with Crippen molar-refractivity contribution < 1.29 is 9.21 Å². The van der Waals surface area contributed by atoms with Crippen molar-refractivity contribution in [2.45, 2.75) is 19.4 Å². The normalized spacial score (nSPS) is 21.9. The van der Waals surface area contributed by atoms with Crippen LogP contribution in [0, 0.1) is 5.92 Å². The second kappa shape index (κ2) is 5.42. The van der Waals surface area contributed by atoms with Crippen molar-refractivity contribution in [3.05, 3.63) is 30.7 Å². The van der Waals surface area contributed by atoms with Crippen LogP contribution < -0.4 is 10.6 Å². The van der Waals surface area contributed by atoms with Gasteiger partial charge in [-0.25, -0.2) is 0 Å². The molecule has 2 atom stereocenters. The third kappa shape index (κ3) is 2.55. The highest BCUT2D eigenvalue weighted by Crippen LogP contribution is 2.20. The quantitative estimate of drug-likeness (QED) is 0.888. The first-order chi connectivity index (χ1) is 9.74. The molecule has 1 aliphatic heterocycles. The molecule has 1 aliphatic rings. The van der Waals surface area contributed by atoms with Crippen LogP contribution in [0.2, 0.25) is 0 Å². The molecule has 2 aromatic rings. The number of hydrogen-bond donors (Lipinski definition) is 2. The topological polar surface area (TPSA) is 80.0 Å². The molecule has 0 aliphatic carbocycles. The molecule has 104 valence electrons. The van der Waals surface area contributed by atoms with Crippen molar-refractivity contribution in [2.75, 3.05) is 11.9 Å². The second-order valence-electron chi connectivity index (χ2n) is 5.01. The van der Waals surface area contributed by atoms with E-state index in [0.29, 0.717) is 11.8 Å². The minimum absolute atomic E-state index is 0.0144. The summed E-state index contributed by atoms with van der Waals surface area (Å²) < 4.78 is 5.12. The highest BCUT2D eigenvalue weighted by molar-refractivity contribution is 5.95. The van der Waals surface area contributed by atoms with E-state index >= 15 is 0 Å². The standard InChI is InChI=1S/C14H16N4O2/c1-9-6-7-15-12(9)13(19)17-11-4-2-10(3-5-11)14-18-16-8-20-14/h2-5,8-9,12,15H,6-7H2,1H3,(H,17,19). The van der Waals surface area contributed by atoms with Gasteiger partial charge in [-0.2, -0.15) is 0 Å². The van der Waals surface area contributed by atoms with E-state index in [-0.39, 0.29) is 11.9 Å². The highest BCUT2D eigenvalue weighted by Gasteiger charge is 2.29. The van der Waals surface area contributed by atoms with Gasteiger partial charge in [0.25, 0.3) is 0 Å². The SMILES string of the molecule is CC1CCNC1C(=O)Nc1ccc(-c2nnco2)cc1. The van der Waals surface area contributed by atoms with E-state index in [1.165, 1.54) is 6.39 Å². The van der Waals surface area contributed by atoms with Gasteiger partial charge in [-0.15, -0.1) is 10.2 Å². The Morgan fingerprint density at radius 1 is 1.40 bits per heavy atom. The molecule has 0 bridgehead atoms. The molecule has 1 fully saturated rings. The van der Waals surface area contributed by atoms with E-state index in [2.05, 4.69) is 27.8 Å². The molecule has 0 spiro atoms. The van der Waals surface area contributed by atoms with Gasteiger partial charge in [0.2, 0.25) is 18.2 Å². The number of carbonyl (C=O) groups excluding carboxylic acids is 1. The number of rotatable bonds is 3. The first-order valence-corrected chi connectivity index (χ1v) is 6.65. The van der Waals surface area contributed by atoms with Crippen LogP contribution in [-0.2, 0) is 4.79 Å². The van der Waals surface area contributed by atoms with E-state index in [4.69, 9.17) is 4.42 Å². The van der Waals surface area contributed by atoms with Crippen molar-refractivity contribution in [2.24, 2.45) is 5.92 Å². The van der Waals surface area contributed by atoms with Gasteiger partial charge >= 0.3 is 0 Å². The van der Waals surface area contributed by atoms with Gasteiger partial charge in [-0.1, -0.05) is 6.92 Å². The second-order valence-corrected chi connectivity index (χ2v) is 5.01. The van der Waals surface area contributed by atoms with Gasteiger partial charge in [-0.3, -0.25) is 4.79 Å². The number of aromatic nitrogens is 2. The average Bonchev–Trinajstić information content (AvgIpc) is 3.10. The smallest absolute Gasteiger partial charge is 0.247 e. The molecular formula is C14H16N4O2. The van der Waals surface area contributed by atoms with Crippen LogP contribution in [0.1, 0.15) is 13.3 Å². The molecule has 20 heavy (non-hydrogen) atoms. The van der Waals surface area contributed by atoms with E-state index in [9.17, 15) is 4.79 Å². The molecular weight excluding hydrogens is 256 g/mol. The Hall–Kier alpha value is -2.21. The molecule has 3 rings (SSSR count). The molecule has 1 saturated heterocycles. The van der Waals surface area contributed by atoms with Crippen molar-refractivity contribution in [3.8, 4) is 11.5 Å². The largest absolute Gasteiger partial charge is 0.423 e. The van der Waals surface area contributed by atoms with Crippen LogP contribution in [0.5, 0.6) is 0 Å². The fraction of sp³-hybridized carbons (Fsp3) is 0.357. The first kappa shape index (κ1) is 12.8. The summed E-state index contributed by atoms with van der Waals surface area (Å²) in [5.74, 6) is 0.849. The molecule has 6 nitrogen and oxygen atoms in total. The van der Waals surface area contributed by atoms with Gasteiger partial charge < -0.3 is 15.1 Å². The Morgan fingerprint density at radius 2 is 2.20 bits per heavy atom. The summed E-state index contributed by atoms with van der Waals surface area (Å²) in [5.41, 5.74) is 1.59. The number of nitrogens with zero attached hydrogens (tertiary/aromatic N) is 2. The molecule has 2 unspecified atom stereocenters. The molecule has 6 heteroatoms. The Balaban J connectivity index is 1.68. The molecule has 1 aromatic carbocycles. The fourth-order valence-corrected chi connectivity index (χ4v) is 2.40. The summed E-state index contributed by atoms with van der Waals surface area (Å²) in [6.07, 6.45) is 2.33. The number of benzene rings is 1. The average molecular weight is 272 g/mol. The summed E-state index contributed by atoms with van der Waals surface area (Å²) >= 11 is 0. The predicted molar refractivity (Wildman–Crippen MR) is 73.9 cm³/mol. The summed E-state index contributed by atoms with van der Waals surface area (Å²) in [5, 5.41) is 13.6. The van der Waals surface area contributed by atoms with E-state index in [1.54, 1.807) is 0 Å². The number of anilines is 1. The summed E-state index contributed by atoms with van der Waals surface area (Å²) in [4.78, 5) is 12.1. The zero-order chi connectivity index (χ0) is 13.9. The Labute approximate surface area is 116 Å². The molecule has 1 amide bonds. The predicted octanol–water partition coefficient (Wildman–Crippen LogP) is 1.67. The van der Waals surface area contributed by atoms with Gasteiger partial charge in [-0.05, 0) is 43.1 Å². The number of hydrogen-bond acceptors (Lipinski definition) is 5. The highest BCUT2D eigenvalue weighted by atomic mass is 16.4. The van der Waals surface area contributed by atoms with Crippen molar-refractivity contribution in [1.29, 1.82) is 0 Å². The Morgan fingerprint density at radius 3 is 2.80 bits per heavy atom. The Kier molecular flexibility index (Phi) is 3.47. The lowest BCUT2D eigenvalue weighted by Crippen LogP contribution is -2.39. The van der Waals surface area contributed by atoms with E-state index < -0.39 is 0 Å². The number of carbonyl (C=O) groups is 1. The van der Waals surface area contributed by atoms with Crippen molar-refractivity contribution in [1.82, 2.24) is 15.5 Å². The van der Waals surface area contributed by atoms with Crippen LogP contribution in [0.15, 0.2) is 35.1 Å². The molecule has 1 aromatic heterocycles. The zero-order valence-corrected chi connectivity index (χ0v) is 11.2. The summed E-state index contributed by atoms with van der Waals surface area (Å²) in [6, 6.07) is 7.24. The lowest BCUT2D eigenvalue weighted by atomic mass is 10.0. The summed E-state index contributed by atoms with van der Waals surface area (Å²) in [6.45, 7) is 2.98. The van der Waals surface area contributed by atoms with E-state index in [1.807, 2.05) is 24.3 Å². The van der Waals surface area contributed by atoms with Crippen LogP contribution in [-0.4, -0.2) is 28.7 Å². The summed E-state index contributed by atoms with van der Waals surface area (Å²) in [7, 11) is 0. The molecule has 2 N–H and O–H groups in total. The van der Waals surface area contributed by atoms with Crippen LogP contribution >= 0.6 is 0 Å². The lowest BCUT2D eigenvalue weighted by molar-refractivity contribution is -0.118.